The molecule has 0 rings (SSSR count). The van der Waals surface area contributed by atoms with Gasteiger partial charge >= 0.3 is 8.56 Å². The summed E-state index contributed by atoms with van der Waals surface area (Å²) < 4.78 is 12.0. The van der Waals surface area contributed by atoms with Crippen LogP contribution < -0.4 is 0 Å². The minimum absolute atomic E-state index is 0.260. The fourth-order valence-electron chi connectivity index (χ4n) is 1.88. The van der Waals surface area contributed by atoms with Crippen molar-refractivity contribution in [1.82, 2.24) is 0 Å². The molecule has 2 atom stereocenters. The Morgan fingerprint density at radius 1 is 1.24 bits per heavy atom. The molecule has 0 fully saturated rings. The van der Waals surface area contributed by atoms with Gasteiger partial charge in [-0.25, -0.2) is 0 Å². The summed E-state index contributed by atoms with van der Waals surface area (Å²) in [6, 6.07) is 0. The minimum Gasteiger partial charge on any atom is -0.391 e. The van der Waals surface area contributed by atoms with Crippen LogP contribution in [0.1, 0.15) is 53.4 Å². The van der Waals surface area contributed by atoms with Gasteiger partial charge in [0.1, 0.15) is 0 Å². The molecule has 0 aliphatic carbocycles. The van der Waals surface area contributed by atoms with Crippen molar-refractivity contribution in [3.63, 3.8) is 0 Å². The van der Waals surface area contributed by atoms with Gasteiger partial charge in [-0.2, -0.15) is 0 Å². The zero-order valence-corrected chi connectivity index (χ0v) is 13.3. The fourth-order valence-corrected chi connectivity index (χ4v) is 3.61. The van der Waals surface area contributed by atoms with Gasteiger partial charge < -0.3 is 8.85 Å². The van der Waals surface area contributed by atoms with E-state index in [2.05, 4.69) is 40.8 Å². The summed E-state index contributed by atoms with van der Waals surface area (Å²) in [5.41, 5.74) is 1.90. The average molecular weight is 258 g/mol. The van der Waals surface area contributed by atoms with Gasteiger partial charge in [0.2, 0.25) is 0 Å². The normalized spacial score (nSPS) is 16.8. The lowest BCUT2D eigenvalue weighted by molar-refractivity contribution is 0.119. The van der Waals surface area contributed by atoms with E-state index in [4.69, 9.17) is 8.85 Å². The summed E-state index contributed by atoms with van der Waals surface area (Å²) in [6.45, 7) is 15.5. The van der Waals surface area contributed by atoms with Crippen molar-refractivity contribution in [2.24, 2.45) is 5.92 Å². The molecule has 0 aromatic carbocycles. The van der Waals surface area contributed by atoms with E-state index in [-0.39, 0.29) is 6.10 Å². The first-order chi connectivity index (χ1) is 7.93. The monoisotopic (exact) mass is 258 g/mol. The highest BCUT2D eigenvalue weighted by Crippen LogP contribution is 2.17. The highest BCUT2D eigenvalue weighted by Gasteiger charge is 2.29. The maximum absolute atomic E-state index is 6.08. The van der Waals surface area contributed by atoms with Crippen LogP contribution in [-0.4, -0.2) is 21.3 Å². The van der Waals surface area contributed by atoms with Gasteiger partial charge in [-0.05, 0) is 37.9 Å². The first kappa shape index (κ1) is 16.9. The smallest absolute Gasteiger partial charge is 0.361 e. The summed E-state index contributed by atoms with van der Waals surface area (Å²) in [6.07, 6.45) is 4.91. The second-order valence-electron chi connectivity index (χ2n) is 5.33. The first-order valence-corrected chi connectivity index (χ1v) is 9.28. The summed E-state index contributed by atoms with van der Waals surface area (Å²) in [5, 5.41) is 0. The van der Waals surface area contributed by atoms with Gasteiger partial charge in [-0.3, -0.25) is 0 Å². The van der Waals surface area contributed by atoms with Crippen molar-refractivity contribution in [1.29, 1.82) is 0 Å². The maximum Gasteiger partial charge on any atom is 0.361 e. The van der Waals surface area contributed by atoms with E-state index >= 15 is 0 Å². The van der Waals surface area contributed by atoms with Crippen LogP contribution in [0.25, 0.3) is 0 Å². The topological polar surface area (TPSA) is 18.5 Å². The summed E-state index contributed by atoms with van der Waals surface area (Å²) in [7, 11) is -2.14. The van der Waals surface area contributed by atoms with E-state index in [9.17, 15) is 0 Å². The number of hydrogen-bond acceptors (Lipinski definition) is 2. The Kier molecular flexibility index (Phi) is 8.83. The van der Waals surface area contributed by atoms with Crippen LogP contribution in [0.4, 0.5) is 0 Å². The second-order valence-corrected chi connectivity index (χ2v) is 8.30. The minimum atomic E-state index is -2.14. The van der Waals surface area contributed by atoms with Crippen molar-refractivity contribution in [2.75, 3.05) is 6.61 Å². The van der Waals surface area contributed by atoms with Crippen LogP contribution in [-0.2, 0) is 8.85 Å². The lowest BCUT2D eigenvalue weighted by atomic mass is 10.1. The van der Waals surface area contributed by atoms with Gasteiger partial charge in [0.05, 0.1) is 0 Å². The SMILES string of the molecule is C=C[Si](C)(OCCCCC)OC(C)CC(C)C. The average Bonchev–Trinajstić information content (AvgIpc) is 2.23. The van der Waals surface area contributed by atoms with E-state index in [0.29, 0.717) is 5.92 Å². The zero-order chi connectivity index (χ0) is 13.3. The van der Waals surface area contributed by atoms with Gasteiger partial charge in [0, 0.05) is 12.7 Å². The lowest BCUT2D eigenvalue weighted by Gasteiger charge is -2.28. The molecular formula is C14H30O2Si. The van der Waals surface area contributed by atoms with Crippen molar-refractivity contribution < 1.29 is 8.85 Å². The fraction of sp³-hybridized carbons (Fsp3) is 0.857. The lowest BCUT2D eigenvalue weighted by Crippen LogP contribution is -2.40. The Morgan fingerprint density at radius 3 is 2.35 bits per heavy atom. The van der Waals surface area contributed by atoms with Crippen LogP contribution in [0.3, 0.4) is 0 Å². The molecule has 0 saturated heterocycles. The first-order valence-electron chi connectivity index (χ1n) is 6.89. The molecular weight excluding hydrogens is 228 g/mol. The Balaban J connectivity index is 4.03. The van der Waals surface area contributed by atoms with Crippen LogP contribution in [0, 0.1) is 5.92 Å². The van der Waals surface area contributed by atoms with Gasteiger partial charge in [0.15, 0.2) is 0 Å². The van der Waals surface area contributed by atoms with Gasteiger partial charge in [0.25, 0.3) is 0 Å². The van der Waals surface area contributed by atoms with Gasteiger partial charge in [-0.1, -0.05) is 33.6 Å². The van der Waals surface area contributed by atoms with E-state index in [1.807, 2.05) is 5.70 Å². The molecule has 0 N–H and O–H groups in total. The highest BCUT2D eigenvalue weighted by molar-refractivity contribution is 6.71. The quantitative estimate of drug-likeness (QED) is 0.426. The summed E-state index contributed by atoms with van der Waals surface area (Å²) in [4.78, 5) is 0. The summed E-state index contributed by atoms with van der Waals surface area (Å²) in [5.74, 6) is 0.660. The molecule has 2 unspecified atom stereocenters. The molecule has 0 aliphatic rings. The van der Waals surface area contributed by atoms with Crippen molar-refractivity contribution >= 4 is 8.56 Å². The van der Waals surface area contributed by atoms with E-state index in [0.717, 1.165) is 19.4 Å². The maximum atomic E-state index is 6.08. The second kappa shape index (κ2) is 8.89. The molecule has 0 aromatic rings. The molecule has 3 heteroatoms. The largest absolute Gasteiger partial charge is 0.391 e. The molecule has 102 valence electrons. The predicted molar refractivity (Wildman–Crippen MR) is 77.3 cm³/mol. The predicted octanol–water partition coefficient (Wildman–Crippen LogP) is 4.44. The number of rotatable bonds is 10. The Bertz CT molecular complexity index is 206. The molecule has 0 aliphatic heterocycles. The Labute approximate surface area is 109 Å². The molecule has 0 spiro atoms. The third-order valence-electron chi connectivity index (χ3n) is 2.75. The highest BCUT2D eigenvalue weighted by atomic mass is 28.4. The van der Waals surface area contributed by atoms with Crippen LogP contribution in [0.15, 0.2) is 12.3 Å². The van der Waals surface area contributed by atoms with E-state index in [1.54, 1.807) is 0 Å². The third-order valence-corrected chi connectivity index (χ3v) is 5.14. The molecule has 0 amide bonds. The van der Waals surface area contributed by atoms with Crippen molar-refractivity contribution in [2.45, 2.75) is 66.0 Å². The number of hydrogen-bond donors (Lipinski definition) is 0. The van der Waals surface area contributed by atoms with E-state index < -0.39 is 8.56 Å². The Hall–Kier alpha value is -0.123. The molecule has 0 heterocycles. The van der Waals surface area contributed by atoms with Crippen LogP contribution in [0.2, 0.25) is 6.55 Å². The molecule has 0 aromatic heterocycles. The standard InChI is InChI=1S/C14H30O2Si/c1-7-9-10-11-15-17(6,8-2)16-14(5)12-13(3)4/h8,13-14H,2,7,9-12H2,1,3-6H3. The number of unbranched alkanes of at least 4 members (excludes halogenated alkanes) is 2. The molecule has 2 nitrogen and oxygen atoms in total. The Morgan fingerprint density at radius 2 is 1.88 bits per heavy atom. The zero-order valence-electron chi connectivity index (χ0n) is 12.3. The van der Waals surface area contributed by atoms with Crippen molar-refractivity contribution in [3.8, 4) is 0 Å². The third kappa shape index (κ3) is 8.58. The molecule has 0 bridgehead atoms. The molecule has 17 heavy (non-hydrogen) atoms. The van der Waals surface area contributed by atoms with Crippen LogP contribution in [0.5, 0.6) is 0 Å². The molecule has 0 saturated carbocycles. The summed E-state index contributed by atoms with van der Waals surface area (Å²) >= 11 is 0. The van der Waals surface area contributed by atoms with Crippen LogP contribution >= 0.6 is 0 Å². The van der Waals surface area contributed by atoms with E-state index in [1.165, 1.54) is 12.8 Å². The molecule has 0 radical (unpaired) electrons. The van der Waals surface area contributed by atoms with Crippen molar-refractivity contribution in [3.05, 3.63) is 12.3 Å². The van der Waals surface area contributed by atoms with Gasteiger partial charge in [-0.15, -0.1) is 6.58 Å².